The molecule has 48 heavy (non-hydrogen) atoms. The lowest BCUT2D eigenvalue weighted by molar-refractivity contribution is -0.132. The Hall–Kier alpha value is -5.64. The molecule has 0 radical (unpaired) electrons. The van der Waals surface area contributed by atoms with Crippen molar-refractivity contribution in [3.63, 3.8) is 0 Å². The lowest BCUT2D eigenvalue weighted by atomic mass is 9.93. The smallest absolute Gasteiger partial charge is 0.272 e. The summed E-state index contributed by atoms with van der Waals surface area (Å²) in [5.41, 5.74) is 5.57. The van der Waals surface area contributed by atoms with Crippen LogP contribution in [0.3, 0.4) is 0 Å². The van der Waals surface area contributed by atoms with Crippen molar-refractivity contribution in [2.75, 3.05) is 32.7 Å². The molecule has 7 rings (SSSR count). The SMILES string of the molecule is O=C(CC1c2ccccc2-c2ccccc21)NCCC(=O)N1CCN(C(=O)c2cc(Cc3n[nH]c(=O)c4ccccc34)ccc2F)CC1. The molecule has 1 fully saturated rings. The number of hydrogen-bond acceptors (Lipinski definition) is 5. The molecule has 5 aromatic rings. The molecular formula is C38H34FN5O4. The van der Waals surface area contributed by atoms with Crippen molar-refractivity contribution in [3.8, 4) is 11.1 Å². The fraction of sp³-hybridized carbons (Fsp3) is 0.237. The van der Waals surface area contributed by atoms with E-state index in [0.29, 0.717) is 48.0 Å². The molecular weight excluding hydrogens is 609 g/mol. The average molecular weight is 644 g/mol. The van der Waals surface area contributed by atoms with Gasteiger partial charge in [-0.3, -0.25) is 19.2 Å². The zero-order chi connectivity index (χ0) is 33.2. The third kappa shape index (κ3) is 6.09. The molecule has 2 aliphatic rings. The molecule has 9 nitrogen and oxygen atoms in total. The number of nitrogens with one attached hydrogen (secondary N) is 2. The van der Waals surface area contributed by atoms with Gasteiger partial charge in [0.15, 0.2) is 0 Å². The van der Waals surface area contributed by atoms with Gasteiger partial charge < -0.3 is 15.1 Å². The summed E-state index contributed by atoms with van der Waals surface area (Å²) in [5, 5.41) is 10.8. The normalized spacial score (nSPS) is 14.1. The topological polar surface area (TPSA) is 115 Å². The molecule has 0 atom stereocenters. The standard InChI is InChI=1S/C38H34FN5O4/c39-33-14-13-24(22-34-29-11-5-6-12-30(29)37(47)42-41-34)21-32(33)38(48)44-19-17-43(18-20-44)36(46)15-16-40-35(45)23-31-27-9-3-1-7-25(27)26-8-2-4-10-28(26)31/h1-14,21,31H,15-20,22-23H2,(H,40,45)(H,42,47). The summed E-state index contributed by atoms with van der Waals surface area (Å²) in [4.78, 5) is 54.7. The van der Waals surface area contributed by atoms with Crippen LogP contribution in [0.2, 0.25) is 0 Å². The van der Waals surface area contributed by atoms with Gasteiger partial charge in [-0.1, -0.05) is 72.8 Å². The molecule has 0 spiro atoms. The van der Waals surface area contributed by atoms with Crippen molar-refractivity contribution in [3.05, 3.63) is 135 Å². The first-order valence-corrected chi connectivity index (χ1v) is 16.1. The number of carbonyl (C=O) groups is 3. The second kappa shape index (κ2) is 13.2. The van der Waals surface area contributed by atoms with E-state index in [4.69, 9.17) is 0 Å². The summed E-state index contributed by atoms with van der Waals surface area (Å²) in [6.07, 6.45) is 0.762. The van der Waals surface area contributed by atoms with Crippen molar-refractivity contribution in [2.24, 2.45) is 0 Å². The Morgan fingerprint density at radius 2 is 1.44 bits per heavy atom. The number of benzene rings is 4. The van der Waals surface area contributed by atoms with Crippen molar-refractivity contribution in [1.82, 2.24) is 25.3 Å². The summed E-state index contributed by atoms with van der Waals surface area (Å²) in [6.45, 7) is 1.41. The molecule has 1 aliphatic heterocycles. The van der Waals surface area contributed by atoms with Gasteiger partial charge >= 0.3 is 0 Å². The van der Waals surface area contributed by atoms with E-state index in [0.717, 1.165) is 22.3 Å². The molecule has 2 N–H and O–H groups in total. The van der Waals surface area contributed by atoms with Crippen molar-refractivity contribution in [1.29, 1.82) is 0 Å². The minimum absolute atomic E-state index is 0.0235. The quantitative estimate of drug-likeness (QED) is 0.256. The number of aromatic amines is 1. The van der Waals surface area contributed by atoms with Crippen LogP contribution in [0.15, 0.2) is 95.8 Å². The summed E-state index contributed by atoms with van der Waals surface area (Å²) >= 11 is 0. The van der Waals surface area contributed by atoms with Crippen LogP contribution < -0.4 is 10.9 Å². The monoisotopic (exact) mass is 643 g/mol. The van der Waals surface area contributed by atoms with Gasteiger partial charge in [-0.05, 0) is 46.0 Å². The Balaban J connectivity index is 0.912. The Labute approximate surface area is 276 Å². The average Bonchev–Trinajstić information content (AvgIpc) is 3.43. The first kappa shape index (κ1) is 31.0. The molecule has 4 aromatic carbocycles. The molecule has 1 aromatic heterocycles. The number of aromatic nitrogens is 2. The van der Waals surface area contributed by atoms with Gasteiger partial charge in [0.2, 0.25) is 11.8 Å². The number of hydrogen-bond donors (Lipinski definition) is 2. The third-order valence-corrected chi connectivity index (χ3v) is 9.34. The molecule has 0 saturated carbocycles. The van der Waals surface area contributed by atoms with Crippen LogP contribution in [0.1, 0.15) is 51.5 Å². The van der Waals surface area contributed by atoms with Crippen LogP contribution in [0, 0.1) is 5.82 Å². The highest BCUT2D eigenvalue weighted by molar-refractivity contribution is 5.95. The summed E-state index contributed by atoms with van der Waals surface area (Å²) in [7, 11) is 0. The maximum absolute atomic E-state index is 14.9. The Bertz CT molecular complexity index is 2060. The third-order valence-electron chi connectivity index (χ3n) is 9.34. The van der Waals surface area contributed by atoms with Gasteiger partial charge in [-0.25, -0.2) is 9.49 Å². The Kier molecular flexibility index (Phi) is 8.54. The molecule has 1 aliphatic carbocycles. The van der Waals surface area contributed by atoms with E-state index in [2.05, 4.69) is 39.8 Å². The second-order valence-corrected chi connectivity index (χ2v) is 12.2. The summed E-state index contributed by atoms with van der Waals surface area (Å²) in [5.74, 6) is -1.30. The molecule has 10 heteroatoms. The van der Waals surface area contributed by atoms with Crippen LogP contribution in [0.25, 0.3) is 21.9 Å². The highest BCUT2D eigenvalue weighted by Gasteiger charge is 2.30. The number of fused-ring (bicyclic) bond motifs is 4. The Morgan fingerprint density at radius 3 is 2.15 bits per heavy atom. The van der Waals surface area contributed by atoms with E-state index in [1.165, 1.54) is 12.1 Å². The van der Waals surface area contributed by atoms with Gasteiger partial charge in [0, 0.05) is 63.3 Å². The number of amides is 3. The fourth-order valence-electron chi connectivity index (χ4n) is 6.88. The van der Waals surface area contributed by atoms with E-state index in [1.807, 2.05) is 36.4 Å². The van der Waals surface area contributed by atoms with Crippen LogP contribution in [0.5, 0.6) is 0 Å². The zero-order valence-corrected chi connectivity index (χ0v) is 26.2. The maximum atomic E-state index is 14.9. The maximum Gasteiger partial charge on any atom is 0.272 e. The van der Waals surface area contributed by atoms with Crippen molar-refractivity contribution >= 4 is 28.5 Å². The first-order valence-electron chi connectivity index (χ1n) is 16.1. The van der Waals surface area contributed by atoms with Crippen LogP contribution >= 0.6 is 0 Å². The lowest BCUT2D eigenvalue weighted by Crippen LogP contribution is -2.51. The van der Waals surface area contributed by atoms with E-state index < -0.39 is 11.7 Å². The summed E-state index contributed by atoms with van der Waals surface area (Å²) in [6, 6.07) is 27.8. The molecule has 1 saturated heterocycles. The fourth-order valence-corrected chi connectivity index (χ4v) is 6.88. The predicted octanol–water partition coefficient (Wildman–Crippen LogP) is 4.65. The van der Waals surface area contributed by atoms with E-state index in [-0.39, 0.29) is 54.9 Å². The predicted molar refractivity (Wildman–Crippen MR) is 180 cm³/mol. The van der Waals surface area contributed by atoms with Gasteiger partial charge in [0.1, 0.15) is 5.82 Å². The highest BCUT2D eigenvalue weighted by Crippen LogP contribution is 2.46. The number of H-pyrrole nitrogens is 1. The van der Waals surface area contributed by atoms with Crippen LogP contribution in [-0.4, -0.2) is 70.4 Å². The summed E-state index contributed by atoms with van der Waals surface area (Å²) < 4.78 is 14.9. The molecule has 3 amide bonds. The lowest BCUT2D eigenvalue weighted by Gasteiger charge is -2.35. The molecule has 2 heterocycles. The minimum atomic E-state index is -0.623. The highest BCUT2D eigenvalue weighted by atomic mass is 19.1. The number of carbonyl (C=O) groups excluding carboxylic acids is 3. The molecule has 0 bridgehead atoms. The zero-order valence-electron chi connectivity index (χ0n) is 26.2. The molecule has 242 valence electrons. The van der Waals surface area contributed by atoms with Gasteiger partial charge in [0.25, 0.3) is 11.5 Å². The largest absolute Gasteiger partial charge is 0.356 e. The van der Waals surface area contributed by atoms with Crippen molar-refractivity contribution < 1.29 is 18.8 Å². The van der Waals surface area contributed by atoms with Gasteiger partial charge in [-0.15, -0.1) is 0 Å². The van der Waals surface area contributed by atoms with E-state index >= 15 is 0 Å². The minimum Gasteiger partial charge on any atom is -0.356 e. The number of rotatable bonds is 8. The van der Waals surface area contributed by atoms with E-state index in [9.17, 15) is 23.6 Å². The number of piperazine rings is 1. The number of halogens is 1. The van der Waals surface area contributed by atoms with Crippen molar-refractivity contribution in [2.45, 2.75) is 25.2 Å². The van der Waals surface area contributed by atoms with Crippen LogP contribution in [0.4, 0.5) is 4.39 Å². The molecule has 0 unspecified atom stereocenters. The first-order chi connectivity index (χ1) is 23.4. The van der Waals surface area contributed by atoms with Crippen LogP contribution in [-0.2, 0) is 16.0 Å². The second-order valence-electron chi connectivity index (χ2n) is 12.2. The Morgan fingerprint density at radius 1 is 0.812 bits per heavy atom. The van der Waals surface area contributed by atoms with E-state index in [1.54, 1.807) is 28.0 Å². The van der Waals surface area contributed by atoms with Gasteiger partial charge in [-0.2, -0.15) is 5.10 Å². The number of nitrogens with zero attached hydrogens (tertiary/aromatic N) is 3. The van der Waals surface area contributed by atoms with Gasteiger partial charge in [0.05, 0.1) is 16.6 Å².